The Hall–Kier alpha value is -2.00. The van der Waals surface area contributed by atoms with Crippen molar-refractivity contribution in [3.63, 3.8) is 0 Å². The molecule has 2 rings (SSSR count). The minimum absolute atomic E-state index is 0.0347. The molecule has 1 N–H and O–H groups in total. The summed E-state index contributed by atoms with van der Waals surface area (Å²) < 4.78 is 10.8. The van der Waals surface area contributed by atoms with E-state index in [4.69, 9.17) is 9.47 Å². The van der Waals surface area contributed by atoms with Crippen LogP contribution >= 0.6 is 0 Å². The van der Waals surface area contributed by atoms with Crippen LogP contribution in [0.25, 0.3) is 0 Å². The van der Waals surface area contributed by atoms with E-state index in [0.717, 1.165) is 22.4 Å². The van der Waals surface area contributed by atoms with Gasteiger partial charge in [-0.1, -0.05) is 37.3 Å². The van der Waals surface area contributed by atoms with Crippen molar-refractivity contribution >= 4 is 0 Å². The summed E-state index contributed by atoms with van der Waals surface area (Å²) in [5.74, 6) is 1.40. The lowest BCUT2D eigenvalue weighted by atomic mass is 9.90. The molecule has 2 unspecified atom stereocenters. The molecule has 2 aromatic rings. The molecule has 2 atom stereocenters. The van der Waals surface area contributed by atoms with E-state index in [1.807, 2.05) is 56.3 Å². The zero-order valence-electron chi connectivity index (χ0n) is 13.0. The van der Waals surface area contributed by atoms with Crippen LogP contribution < -0.4 is 9.47 Å². The number of aliphatic hydroxyl groups is 1. The summed E-state index contributed by atoms with van der Waals surface area (Å²) in [6.07, 6.45) is -0.656. The van der Waals surface area contributed by atoms with Crippen molar-refractivity contribution in [2.75, 3.05) is 14.2 Å². The molecule has 112 valence electrons. The van der Waals surface area contributed by atoms with Gasteiger partial charge in [0.05, 0.1) is 20.3 Å². The van der Waals surface area contributed by atoms with Crippen molar-refractivity contribution in [1.29, 1.82) is 0 Å². The Kier molecular flexibility index (Phi) is 4.86. The van der Waals surface area contributed by atoms with Crippen molar-refractivity contribution in [2.24, 2.45) is 0 Å². The van der Waals surface area contributed by atoms with E-state index in [0.29, 0.717) is 5.75 Å². The van der Waals surface area contributed by atoms with Crippen LogP contribution in [0, 0.1) is 6.92 Å². The van der Waals surface area contributed by atoms with Crippen LogP contribution in [0.4, 0.5) is 0 Å². The van der Waals surface area contributed by atoms with Gasteiger partial charge in [0, 0.05) is 11.5 Å². The quantitative estimate of drug-likeness (QED) is 0.907. The number of hydrogen-bond acceptors (Lipinski definition) is 3. The second kappa shape index (κ2) is 6.64. The summed E-state index contributed by atoms with van der Waals surface area (Å²) in [5, 5.41) is 10.7. The topological polar surface area (TPSA) is 38.7 Å². The highest BCUT2D eigenvalue weighted by Gasteiger charge is 2.23. The second-order valence-electron chi connectivity index (χ2n) is 5.21. The first-order chi connectivity index (χ1) is 10.1. The maximum absolute atomic E-state index is 10.7. The van der Waals surface area contributed by atoms with E-state index in [9.17, 15) is 5.11 Å². The third-order valence-electron chi connectivity index (χ3n) is 3.86. The Morgan fingerprint density at radius 3 is 2.14 bits per heavy atom. The molecule has 0 heterocycles. The Morgan fingerprint density at radius 2 is 1.57 bits per heavy atom. The van der Waals surface area contributed by atoms with Gasteiger partial charge in [-0.25, -0.2) is 0 Å². The average molecular weight is 286 g/mol. The molecule has 2 aromatic carbocycles. The lowest BCUT2D eigenvalue weighted by Crippen LogP contribution is -2.10. The number of aryl methyl sites for hydroxylation is 1. The molecule has 0 saturated heterocycles. The maximum atomic E-state index is 10.7. The fourth-order valence-corrected chi connectivity index (χ4v) is 2.51. The number of rotatable bonds is 5. The second-order valence-corrected chi connectivity index (χ2v) is 5.21. The summed E-state index contributed by atoms with van der Waals surface area (Å²) in [6.45, 7) is 3.96. The molecule has 0 aliphatic rings. The minimum atomic E-state index is -0.656. The summed E-state index contributed by atoms with van der Waals surface area (Å²) in [4.78, 5) is 0. The lowest BCUT2D eigenvalue weighted by molar-refractivity contribution is 0.147. The largest absolute Gasteiger partial charge is 0.496 e. The van der Waals surface area contributed by atoms with Gasteiger partial charge < -0.3 is 14.6 Å². The monoisotopic (exact) mass is 286 g/mol. The SMILES string of the molecule is COc1cc(C(O)C(C)c2ccccc2)c(OC)cc1C. The van der Waals surface area contributed by atoms with E-state index < -0.39 is 6.10 Å². The molecule has 0 bridgehead atoms. The Morgan fingerprint density at radius 1 is 0.952 bits per heavy atom. The average Bonchev–Trinajstić information content (AvgIpc) is 2.54. The molecule has 0 spiro atoms. The standard InChI is InChI=1S/C18H22O3/c1-12-10-17(21-4)15(11-16(12)20-3)18(19)13(2)14-8-6-5-7-9-14/h5-11,13,18-19H,1-4H3. The highest BCUT2D eigenvalue weighted by Crippen LogP contribution is 2.38. The van der Waals surface area contributed by atoms with Gasteiger partial charge in [0.25, 0.3) is 0 Å². The Labute approximate surface area is 126 Å². The fraction of sp³-hybridized carbons (Fsp3) is 0.333. The zero-order chi connectivity index (χ0) is 15.4. The van der Waals surface area contributed by atoms with Crippen LogP contribution in [0.1, 0.15) is 35.6 Å². The molecule has 3 nitrogen and oxygen atoms in total. The van der Waals surface area contributed by atoms with Crippen LogP contribution in [0.2, 0.25) is 0 Å². The first-order valence-electron chi connectivity index (χ1n) is 7.04. The maximum Gasteiger partial charge on any atom is 0.125 e. The van der Waals surface area contributed by atoms with Crippen molar-refractivity contribution in [1.82, 2.24) is 0 Å². The molecule has 0 amide bonds. The van der Waals surface area contributed by atoms with Gasteiger partial charge in [0.1, 0.15) is 11.5 Å². The molecular formula is C18H22O3. The highest BCUT2D eigenvalue weighted by molar-refractivity contribution is 5.47. The van der Waals surface area contributed by atoms with Gasteiger partial charge in [-0.15, -0.1) is 0 Å². The number of aliphatic hydroxyl groups excluding tert-OH is 1. The minimum Gasteiger partial charge on any atom is -0.496 e. The normalized spacial score (nSPS) is 13.6. The smallest absolute Gasteiger partial charge is 0.125 e. The first-order valence-corrected chi connectivity index (χ1v) is 7.04. The molecule has 3 heteroatoms. The van der Waals surface area contributed by atoms with Gasteiger partial charge in [-0.3, -0.25) is 0 Å². The summed E-state index contributed by atoms with van der Waals surface area (Å²) in [7, 11) is 3.25. The van der Waals surface area contributed by atoms with Gasteiger partial charge in [-0.2, -0.15) is 0 Å². The third-order valence-corrected chi connectivity index (χ3v) is 3.86. The van der Waals surface area contributed by atoms with Crippen LogP contribution in [0.5, 0.6) is 11.5 Å². The lowest BCUT2D eigenvalue weighted by Gasteiger charge is -2.23. The molecule has 0 aromatic heterocycles. The van der Waals surface area contributed by atoms with Crippen LogP contribution in [0.3, 0.4) is 0 Å². The Balaban J connectivity index is 2.40. The van der Waals surface area contributed by atoms with Crippen molar-refractivity contribution in [2.45, 2.75) is 25.9 Å². The van der Waals surface area contributed by atoms with Crippen LogP contribution in [-0.2, 0) is 0 Å². The van der Waals surface area contributed by atoms with Crippen molar-refractivity contribution in [3.05, 3.63) is 59.2 Å². The van der Waals surface area contributed by atoms with Crippen LogP contribution in [0.15, 0.2) is 42.5 Å². The highest BCUT2D eigenvalue weighted by atomic mass is 16.5. The number of benzene rings is 2. The third kappa shape index (κ3) is 3.19. The summed E-state index contributed by atoms with van der Waals surface area (Å²) >= 11 is 0. The molecular weight excluding hydrogens is 264 g/mol. The van der Waals surface area contributed by atoms with Gasteiger partial charge >= 0.3 is 0 Å². The predicted octanol–water partition coefficient (Wildman–Crippen LogP) is 3.85. The number of ether oxygens (including phenoxy) is 2. The van der Waals surface area contributed by atoms with Gasteiger partial charge in [0.15, 0.2) is 0 Å². The fourth-order valence-electron chi connectivity index (χ4n) is 2.51. The van der Waals surface area contributed by atoms with Crippen molar-refractivity contribution in [3.8, 4) is 11.5 Å². The predicted molar refractivity (Wildman–Crippen MR) is 84.1 cm³/mol. The number of methoxy groups -OCH3 is 2. The molecule has 0 aliphatic carbocycles. The van der Waals surface area contributed by atoms with Crippen molar-refractivity contribution < 1.29 is 14.6 Å². The van der Waals surface area contributed by atoms with E-state index >= 15 is 0 Å². The van der Waals surface area contributed by atoms with Crippen LogP contribution in [-0.4, -0.2) is 19.3 Å². The van der Waals surface area contributed by atoms with Gasteiger partial charge in [-0.05, 0) is 30.2 Å². The first kappa shape index (κ1) is 15.4. The van der Waals surface area contributed by atoms with E-state index in [1.165, 1.54) is 0 Å². The zero-order valence-corrected chi connectivity index (χ0v) is 13.0. The molecule has 0 radical (unpaired) electrons. The summed E-state index contributed by atoms with van der Waals surface area (Å²) in [6, 6.07) is 13.7. The van der Waals surface area contributed by atoms with Gasteiger partial charge in [0.2, 0.25) is 0 Å². The van der Waals surface area contributed by atoms with E-state index in [1.54, 1.807) is 14.2 Å². The molecule has 21 heavy (non-hydrogen) atoms. The number of hydrogen-bond donors (Lipinski definition) is 1. The van der Waals surface area contributed by atoms with E-state index in [-0.39, 0.29) is 5.92 Å². The molecule has 0 saturated carbocycles. The molecule has 0 aliphatic heterocycles. The summed E-state index contributed by atoms with van der Waals surface area (Å²) in [5.41, 5.74) is 2.82. The molecule has 0 fully saturated rings. The van der Waals surface area contributed by atoms with E-state index in [2.05, 4.69) is 0 Å². The Bertz CT molecular complexity index is 593.